The van der Waals surface area contributed by atoms with Crippen LogP contribution in [0.5, 0.6) is 5.88 Å². The first-order chi connectivity index (χ1) is 16.0. The largest absolute Gasteiger partial charge is 0.470 e. The molecule has 2 aliphatic rings. The molecule has 1 saturated heterocycles. The Morgan fingerprint density at radius 3 is 2.91 bits per heavy atom. The summed E-state index contributed by atoms with van der Waals surface area (Å²) in [4.78, 5) is 23.3. The Kier molecular flexibility index (Phi) is 4.54. The van der Waals surface area contributed by atoms with E-state index in [9.17, 15) is 4.79 Å². The fourth-order valence-electron chi connectivity index (χ4n) is 4.34. The van der Waals surface area contributed by atoms with E-state index in [1.54, 1.807) is 22.8 Å². The first-order valence-electron chi connectivity index (χ1n) is 10.8. The molecule has 1 N–H and O–H groups in total. The van der Waals surface area contributed by atoms with E-state index in [1.165, 1.54) is 0 Å². The van der Waals surface area contributed by atoms with Crippen molar-refractivity contribution in [2.75, 3.05) is 25.6 Å². The van der Waals surface area contributed by atoms with Crippen molar-refractivity contribution in [3.63, 3.8) is 0 Å². The summed E-state index contributed by atoms with van der Waals surface area (Å²) in [7, 11) is 3.68. The van der Waals surface area contributed by atoms with E-state index >= 15 is 0 Å². The Labute approximate surface area is 189 Å². The highest BCUT2D eigenvalue weighted by Gasteiger charge is 2.25. The minimum absolute atomic E-state index is 0.0421. The van der Waals surface area contributed by atoms with Crippen LogP contribution < -0.4 is 10.1 Å². The van der Waals surface area contributed by atoms with Crippen molar-refractivity contribution >= 4 is 28.6 Å². The van der Waals surface area contributed by atoms with Crippen LogP contribution >= 0.6 is 0 Å². The summed E-state index contributed by atoms with van der Waals surface area (Å²) < 4.78 is 15.5. The molecule has 5 heterocycles. The molecule has 33 heavy (non-hydrogen) atoms. The van der Waals surface area contributed by atoms with Gasteiger partial charge in [0.2, 0.25) is 11.8 Å². The number of aryl methyl sites for hydroxylation is 1. The van der Waals surface area contributed by atoms with Gasteiger partial charge in [-0.3, -0.25) is 9.48 Å². The van der Waals surface area contributed by atoms with Crippen LogP contribution in [-0.4, -0.2) is 61.5 Å². The standard InChI is InChI=1S/C23H23N7O3/c1-28-11-14-9-15(3-4-18(14)22(28)31)25-23-26-19-5-7-30(16-10-24-29(2)12-16)20(19)21(27-23)33-17-6-8-32-13-17/h3-5,7,9-10,12,17H,6,8,11,13H2,1-2H3,(H,25,26,27)/t17-/m0/s1. The molecule has 10 heteroatoms. The van der Waals surface area contributed by atoms with Gasteiger partial charge in [0.15, 0.2) is 0 Å². The van der Waals surface area contributed by atoms with E-state index in [0.717, 1.165) is 40.0 Å². The van der Waals surface area contributed by atoms with Gasteiger partial charge in [-0.1, -0.05) is 0 Å². The third-order valence-corrected chi connectivity index (χ3v) is 5.98. The predicted octanol–water partition coefficient (Wildman–Crippen LogP) is 2.65. The maximum atomic E-state index is 12.2. The smallest absolute Gasteiger partial charge is 0.254 e. The van der Waals surface area contributed by atoms with Crippen LogP contribution in [-0.2, 0) is 18.3 Å². The predicted molar refractivity (Wildman–Crippen MR) is 121 cm³/mol. The van der Waals surface area contributed by atoms with Gasteiger partial charge in [-0.2, -0.15) is 10.1 Å². The number of benzene rings is 1. The molecule has 4 aromatic rings. The van der Waals surface area contributed by atoms with Crippen molar-refractivity contribution in [3.05, 3.63) is 54.0 Å². The zero-order chi connectivity index (χ0) is 22.5. The number of anilines is 2. The van der Waals surface area contributed by atoms with Crippen molar-refractivity contribution in [3.8, 4) is 11.6 Å². The number of ether oxygens (including phenoxy) is 2. The molecule has 10 nitrogen and oxygen atoms in total. The van der Waals surface area contributed by atoms with Gasteiger partial charge in [-0.15, -0.1) is 0 Å². The second-order valence-electron chi connectivity index (χ2n) is 8.41. The van der Waals surface area contributed by atoms with Crippen LogP contribution in [0.1, 0.15) is 22.3 Å². The number of hydrogen-bond donors (Lipinski definition) is 1. The van der Waals surface area contributed by atoms with E-state index in [1.807, 2.05) is 48.3 Å². The summed E-state index contributed by atoms with van der Waals surface area (Å²) in [5, 5.41) is 7.56. The van der Waals surface area contributed by atoms with Gasteiger partial charge in [0.1, 0.15) is 11.6 Å². The lowest BCUT2D eigenvalue weighted by molar-refractivity contribution is 0.0816. The van der Waals surface area contributed by atoms with Crippen LogP contribution in [0.4, 0.5) is 11.6 Å². The van der Waals surface area contributed by atoms with Gasteiger partial charge in [0, 0.05) is 50.7 Å². The normalized spacial score (nSPS) is 17.7. The van der Waals surface area contributed by atoms with Gasteiger partial charge in [0.05, 0.1) is 30.6 Å². The lowest BCUT2D eigenvalue weighted by Gasteiger charge is -2.15. The maximum Gasteiger partial charge on any atom is 0.254 e. The van der Waals surface area contributed by atoms with Crippen molar-refractivity contribution < 1.29 is 14.3 Å². The van der Waals surface area contributed by atoms with Crippen molar-refractivity contribution in [2.45, 2.75) is 19.1 Å². The summed E-state index contributed by atoms with van der Waals surface area (Å²) >= 11 is 0. The Bertz CT molecular complexity index is 1370. The van der Waals surface area contributed by atoms with Gasteiger partial charge >= 0.3 is 0 Å². The molecule has 0 aliphatic carbocycles. The molecule has 6 rings (SSSR count). The molecule has 0 saturated carbocycles. The highest BCUT2D eigenvalue weighted by Crippen LogP contribution is 2.31. The number of nitrogens with one attached hydrogen (secondary N) is 1. The van der Waals surface area contributed by atoms with Crippen molar-refractivity contribution in [1.82, 2.24) is 29.2 Å². The van der Waals surface area contributed by atoms with Gasteiger partial charge in [-0.05, 0) is 29.8 Å². The van der Waals surface area contributed by atoms with Crippen LogP contribution in [0, 0.1) is 0 Å². The molecular weight excluding hydrogens is 422 g/mol. The highest BCUT2D eigenvalue weighted by atomic mass is 16.5. The highest BCUT2D eigenvalue weighted by molar-refractivity contribution is 5.98. The molecule has 1 aromatic carbocycles. The molecular formula is C23H23N7O3. The summed E-state index contributed by atoms with van der Waals surface area (Å²) in [6.07, 6.45) is 6.41. The summed E-state index contributed by atoms with van der Waals surface area (Å²) in [6.45, 7) is 1.80. The van der Waals surface area contributed by atoms with E-state index in [2.05, 4.69) is 10.4 Å². The molecule has 0 radical (unpaired) electrons. The quantitative estimate of drug-likeness (QED) is 0.504. The summed E-state index contributed by atoms with van der Waals surface area (Å²) in [5.74, 6) is 0.960. The van der Waals surface area contributed by atoms with Crippen LogP contribution in [0.25, 0.3) is 16.7 Å². The zero-order valence-corrected chi connectivity index (χ0v) is 18.4. The van der Waals surface area contributed by atoms with Crippen LogP contribution in [0.2, 0.25) is 0 Å². The lowest BCUT2D eigenvalue weighted by atomic mass is 10.1. The molecule has 168 valence electrons. The first-order valence-corrected chi connectivity index (χ1v) is 10.8. The minimum atomic E-state index is -0.0604. The number of hydrogen-bond acceptors (Lipinski definition) is 7. The molecule has 0 bridgehead atoms. The third-order valence-electron chi connectivity index (χ3n) is 5.98. The monoisotopic (exact) mass is 445 g/mol. The average molecular weight is 445 g/mol. The molecule has 1 fully saturated rings. The Hall–Kier alpha value is -3.92. The molecule has 0 spiro atoms. The minimum Gasteiger partial charge on any atom is -0.470 e. The third kappa shape index (κ3) is 3.48. The number of nitrogens with zero attached hydrogens (tertiary/aromatic N) is 6. The zero-order valence-electron chi connectivity index (χ0n) is 18.4. The number of fused-ring (bicyclic) bond motifs is 2. The van der Waals surface area contributed by atoms with Crippen molar-refractivity contribution in [2.24, 2.45) is 7.05 Å². The Morgan fingerprint density at radius 2 is 2.12 bits per heavy atom. The number of amides is 1. The lowest BCUT2D eigenvalue weighted by Crippen LogP contribution is -2.17. The molecule has 0 unspecified atom stereocenters. The van der Waals surface area contributed by atoms with Gasteiger partial charge < -0.3 is 24.3 Å². The second kappa shape index (κ2) is 7.59. The summed E-state index contributed by atoms with van der Waals surface area (Å²) in [5.41, 5.74) is 4.96. The topological polar surface area (TPSA) is 99.3 Å². The van der Waals surface area contributed by atoms with E-state index in [0.29, 0.717) is 31.6 Å². The SMILES string of the molecule is CN1Cc2cc(Nc3nc(O[C@H]4CCOC4)c4c(ccn4-c4cnn(C)c4)n3)ccc2C1=O. The first kappa shape index (κ1) is 19.7. The Balaban J connectivity index is 1.39. The van der Waals surface area contributed by atoms with E-state index in [-0.39, 0.29) is 12.0 Å². The van der Waals surface area contributed by atoms with Gasteiger partial charge in [-0.25, -0.2) is 4.98 Å². The fourth-order valence-corrected chi connectivity index (χ4v) is 4.34. The average Bonchev–Trinajstić information content (AvgIpc) is 3.57. The summed E-state index contributed by atoms with van der Waals surface area (Å²) in [6, 6.07) is 7.61. The van der Waals surface area contributed by atoms with Crippen LogP contribution in [0.15, 0.2) is 42.9 Å². The molecule has 2 aliphatic heterocycles. The van der Waals surface area contributed by atoms with E-state index < -0.39 is 0 Å². The molecule has 1 atom stereocenters. The number of carbonyl (C=O) groups excluding carboxylic acids is 1. The van der Waals surface area contributed by atoms with Crippen LogP contribution in [0.3, 0.4) is 0 Å². The molecule has 1 amide bonds. The number of carbonyl (C=O) groups is 1. The Morgan fingerprint density at radius 1 is 1.21 bits per heavy atom. The molecule has 3 aromatic heterocycles. The fraction of sp³-hybridized carbons (Fsp3) is 0.304. The number of aromatic nitrogens is 5. The second-order valence-corrected chi connectivity index (χ2v) is 8.41. The number of rotatable bonds is 5. The van der Waals surface area contributed by atoms with Gasteiger partial charge in [0.25, 0.3) is 5.91 Å². The van der Waals surface area contributed by atoms with Crippen molar-refractivity contribution in [1.29, 1.82) is 0 Å². The van der Waals surface area contributed by atoms with E-state index in [4.69, 9.17) is 19.4 Å². The maximum absolute atomic E-state index is 12.2.